The van der Waals surface area contributed by atoms with Crippen LogP contribution in [0.2, 0.25) is 0 Å². The highest BCUT2D eigenvalue weighted by molar-refractivity contribution is 5.79. The number of carbonyl (C=O) groups is 3. The van der Waals surface area contributed by atoms with Crippen LogP contribution in [0.25, 0.3) is 0 Å². The number of carboxylic acid groups (broad SMARTS) is 1. The van der Waals surface area contributed by atoms with Crippen molar-refractivity contribution in [1.29, 1.82) is 0 Å². The predicted octanol–water partition coefficient (Wildman–Crippen LogP) is 2.01. The van der Waals surface area contributed by atoms with Crippen molar-refractivity contribution in [3.63, 3.8) is 0 Å². The number of urea groups is 1. The van der Waals surface area contributed by atoms with Crippen LogP contribution in [-0.4, -0.2) is 115 Å². The van der Waals surface area contributed by atoms with Crippen molar-refractivity contribution in [2.75, 3.05) is 66.2 Å². The van der Waals surface area contributed by atoms with E-state index in [0.29, 0.717) is 57.2 Å². The number of ether oxygens (including phenoxy) is 2. The first-order valence-electron chi connectivity index (χ1n) is 14.2. The van der Waals surface area contributed by atoms with Crippen molar-refractivity contribution in [3.05, 3.63) is 23.8 Å². The smallest absolute Gasteiger partial charge is 0.319 e. The van der Waals surface area contributed by atoms with Crippen LogP contribution in [-0.2, 0) is 9.59 Å². The average Bonchev–Trinajstić information content (AvgIpc) is 3.53. The Kier molecular flexibility index (Phi) is 9.90. The Morgan fingerprint density at radius 1 is 1.15 bits per heavy atom. The van der Waals surface area contributed by atoms with Gasteiger partial charge in [-0.1, -0.05) is 19.4 Å². The monoisotopic (exact) mass is 545 g/mol. The van der Waals surface area contributed by atoms with Gasteiger partial charge in [-0.25, -0.2) is 4.79 Å². The Morgan fingerprint density at radius 3 is 2.67 bits per heavy atom. The molecule has 0 spiro atoms. The average molecular weight is 546 g/mol. The minimum atomic E-state index is -0.898. The number of benzene rings is 1. The highest BCUT2D eigenvalue weighted by atomic mass is 16.7. The molecule has 0 aromatic heterocycles. The number of rotatable bonds is 13. The van der Waals surface area contributed by atoms with Gasteiger partial charge in [0.2, 0.25) is 12.7 Å². The van der Waals surface area contributed by atoms with E-state index < -0.39 is 17.9 Å². The lowest BCUT2D eigenvalue weighted by atomic mass is 9.84. The van der Waals surface area contributed by atoms with Gasteiger partial charge in [0.1, 0.15) is 0 Å². The molecule has 3 atom stereocenters. The fourth-order valence-corrected chi connectivity index (χ4v) is 6.03. The van der Waals surface area contributed by atoms with Crippen LogP contribution in [0.1, 0.15) is 50.5 Å². The highest BCUT2D eigenvalue weighted by Gasteiger charge is 2.47. The molecule has 11 heteroatoms. The second-order valence-corrected chi connectivity index (χ2v) is 10.8. The Labute approximate surface area is 230 Å². The Bertz CT molecular complexity index is 1010. The second-order valence-electron chi connectivity index (χ2n) is 10.8. The zero-order valence-electron chi connectivity index (χ0n) is 23.2. The fraction of sp³-hybridized carbons (Fsp3) is 0.679. The largest absolute Gasteiger partial charge is 0.481 e. The molecule has 3 aliphatic rings. The first-order valence-corrected chi connectivity index (χ1v) is 14.2. The summed E-state index contributed by atoms with van der Waals surface area (Å²) < 4.78 is 11.0. The predicted molar refractivity (Wildman–Crippen MR) is 146 cm³/mol. The van der Waals surface area contributed by atoms with Crippen molar-refractivity contribution < 1.29 is 29.0 Å². The van der Waals surface area contributed by atoms with E-state index in [4.69, 9.17) is 15.2 Å². The molecule has 216 valence electrons. The van der Waals surface area contributed by atoms with E-state index in [0.717, 1.165) is 37.8 Å². The van der Waals surface area contributed by atoms with E-state index in [-0.39, 0.29) is 31.2 Å². The summed E-state index contributed by atoms with van der Waals surface area (Å²) in [5.41, 5.74) is 6.58. The Hall–Kier alpha value is -3.05. The molecule has 0 aliphatic carbocycles. The van der Waals surface area contributed by atoms with Crippen molar-refractivity contribution in [2.45, 2.75) is 51.0 Å². The van der Waals surface area contributed by atoms with Crippen LogP contribution in [0, 0.1) is 5.92 Å². The maximum Gasteiger partial charge on any atom is 0.319 e. The van der Waals surface area contributed by atoms with Crippen molar-refractivity contribution in [3.8, 4) is 11.5 Å². The van der Waals surface area contributed by atoms with Gasteiger partial charge in [-0.2, -0.15) is 0 Å². The number of carboxylic acids is 1. The van der Waals surface area contributed by atoms with Gasteiger partial charge in [0.15, 0.2) is 11.5 Å². The lowest BCUT2D eigenvalue weighted by Crippen LogP contribution is -2.50. The molecular formula is C28H43N5O6. The molecule has 4 rings (SSSR count). The van der Waals surface area contributed by atoms with E-state index in [1.54, 1.807) is 16.8 Å². The molecular weight excluding hydrogens is 502 g/mol. The molecule has 0 saturated carbocycles. The van der Waals surface area contributed by atoms with Gasteiger partial charge in [-0.15, -0.1) is 0 Å². The zero-order valence-corrected chi connectivity index (χ0v) is 23.2. The first-order chi connectivity index (χ1) is 18.8. The number of unbranched alkanes of at least 4 members (excludes halogenated alkanes) is 1. The van der Waals surface area contributed by atoms with Gasteiger partial charge >= 0.3 is 12.0 Å². The van der Waals surface area contributed by atoms with E-state index in [1.807, 2.05) is 28.0 Å². The van der Waals surface area contributed by atoms with E-state index in [9.17, 15) is 19.5 Å². The second kappa shape index (κ2) is 13.3. The molecule has 1 aromatic carbocycles. The number of amides is 3. The SMILES string of the molecule is CCCCN(CCCN)C(=O)CN1C[C@H](c2ccc3c(c2)OCO3)C(C(=O)O)[C@@H]1CCN1CCCN(C)C1=O. The Morgan fingerprint density at radius 2 is 1.92 bits per heavy atom. The minimum Gasteiger partial charge on any atom is -0.481 e. The third kappa shape index (κ3) is 6.75. The van der Waals surface area contributed by atoms with Gasteiger partial charge < -0.3 is 35.0 Å². The third-order valence-electron chi connectivity index (χ3n) is 8.18. The van der Waals surface area contributed by atoms with E-state index in [1.165, 1.54) is 0 Å². The van der Waals surface area contributed by atoms with Gasteiger partial charge in [0, 0.05) is 58.3 Å². The topological polar surface area (TPSA) is 129 Å². The summed E-state index contributed by atoms with van der Waals surface area (Å²) in [7, 11) is 1.79. The molecule has 2 fully saturated rings. The van der Waals surface area contributed by atoms with Crippen LogP contribution in [0.4, 0.5) is 4.79 Å². The van der Waals surface area contributed by atoms with Crippen molar-refractivity contribution >= 4 is 17.9 Å². The fourth-order valence-electron chi connectivity index (χ4n) is 6.03. The number of carbonyl (C=O) groups excluding carboxylic acids is 2. The number of nitrogens with zero attached hydrogens (tertiary/aromatic N) is 4. The molecule has 0 radical (unpaired) electrons. The van der Waals surface area contributed by atoms with Crippen LogP contribution in [0.15, 0.2) is 18.2 Å². The number of likely N-dealkylation sites (tertiary alicyclic amines) is 1. The number of aliphatic carboxylic acids is 1. The molecule has 0 bridgehead atoms. The molecule has 3 aliphatic heterocycles. The number of hydrogen-bond acceptors (Lipinski definition) is 7. The van der Waals surface area contributed by atoms with Gasteiger partial charge in [0.05, 0.1) is 12.5 Å². The van der Waals surface area contributed by atoms with Crippen LogP contribution < -0.4 is 15.2 Å². The summed E-state index contributed by atoms with van der Waals surface area (Å²) in [5.74, 6) is -0.716. The molecule has 39 heavy (non-hydrogen) atoms. The first kappa shape index (κ1) is 28.9. The minimum absolute atomic E-state index is 0.00819. The molecule has 3 N–H and O–H groups in total. The lowest BCUT2D eigenvalue weighted by Gasteiger charge is -2.35. The summed E-state index contributed by atoms with van der Waals surface area (Å²) in [6.45, 7) is 6.39. The third-order valence-corrected chi connectivity index (χ3v) is 8.18. The molecule has 2 saturated heterocycles. The maximum absolute atomic E-state index is 13.5. The van der Waals surface area contributed by atoms with Crippen LogP contribution >= 0.6 is 0 Å². The molecule has 11 nitrogen and oxygen atoms in total. The lowest BCUT2D eigenvalue weighted by molar-refractivity contribution is -0.144. The van der Waals surface area contributed by atoms with E-state index in [2.05, 4.69) is 6.92 Å². The normalized spacial score (nSPS) is 22.9. The number of nitrogens with two attached hydrogens (primary N) is 1. The molecule has 1 unspecified atom stereocenters. The molecule has 3 heterocycles. The molecule has 3 amide bonds. The van der Waals surface area contributed by atoms with Crippen molar-refractivity contribution in [1.82, 2.24) is 19.6 Å². The maximum atomic E-state index is 13.5. The van der Waals surface area contributed by atoms with Gasteiger partial charge in [0.25, 0.3) is 0 Å². The summed E-state index contributed by atoms with van der Waals surface area (Å²) in [4.78, 5) is 46.4. The molecule has 1 aromatic rings. The highest BCUT2D eigenvalue weighted by Crippen LogP contribution is 2.42. The number of hydrogen-bond donors (Lipinski definition) is 2. The summed E-state index contributed by atoms with van der Waals surface area (Å²) >= 11 is 0. The standard InChI is InChI=1S/C28H43N5O6/c1-3-4-12-31(13-5-10-29)25(34)18-33-17-21(20-7-8-23-24(16-20)39-19-38-23)26(27(35)36)22(33)9-15-32-14-6-11-30(2)28(32)37/h7-8,16,21-22,26H,3-6,9-15,17-19,29H2,1-2H3,(H,35,36)/t21-,22+,26?/m1/s1. The summed E-state index contributed by atoms with van der Waals surface area (Å²) in [6, 6.07) is 5.15. The van der Waals surface area contributed by atoms with Crippen molar-refractivity contribution in [2.24, 2.45) is 11.7 Å². The van der Waals surface area contributed by atoms with E-state index >= 15 is 0 Å². The van der Waals surface area contributed by atoms with Gasteiger partial charge in [-0.05, 0) is 49.9 Å². The van der Waals surface area contributed by atoms with Crippen LogP contribution in [0.5, 0.6) is 11.5 Å². The zero-order chi connectivity index (χ0) is 27.9. The summed E-state index contributed by atoms with van der Waals surface area (Å²) in [5, 5.41) is 10.5. The van der Waals surface area contributed by atoms with Gasteiger partial charge in [-0.3, -0.25) is 14.5 Å². The quantitative estimate of drug-likeness (QED) is 0.385. The number of fused-ring (bicyclic) bond motifs is 1. The summed E-state index contributed by atoms with van der Waals surface area (Å²) in [6.07, 6.45) is 3.96. The Balaban J connectivity index is 1.58. The van der Waals surface area contributed by atoms with Crippen LogP contribution in [0.3, 0.4) is 0 Å².